The minimum absolute atomic E-state index is 0.0922. The van der Waals surface area contributed by atoms with Gasteiger partial charge in [-0.05, 0) is 32.0 Å². The molecule has 134 valence electrons. The summed E-state index contributed by atoms with van der Waals surface area (Å²) in [5.74, 6) is 0.493. The number of methoxy groups -OCH3 is 2. The number of carbonyl (C=O) groups is 2. The molecule has 0 radical (unpaired) electrons. The molecule has 0 atom stereocenters. The van der Waals surface area contributed by atoms with E-state index in [4.69, 9.17) is 19.0 Å². The molecule has 0 spiro atoms. The Hall–Kier alpha value is -2.96. The van der Waals surface area contributed by atoms with E-state index in [1.54, 1.807) is 26.1 Å². The lowest BCUT2D eigenvalue weighted by molar-refractivity contribution is 0.0694. The first-order valence-corrected chi connectivity index (χ1v) is 7.59. The molecule has 0 aliphatic rings. The van der Waals surface area contributed by atoms with Crippen LogP contribution < -0.4 is 9.47 Å². The average Bonchev–Trinajstić information content (AvgIpc) is 2.94. The molecule has 7 nitrogen and oxygen atoms in total. The summed E-state index contributed by atoms with van der Waals surface area (Å²) in [4.78, 5) is 25.2. The predicted octanol–water partition coefficient (Wildman–Crippen LogP) is 2.88. The fourth-order valence-corrected chi connectivity index (χ4v) is 2.57. The summed E-state index contributed by atoms with van der Waals surface area (Å²) in [6.45, 7) is 3.56. The summed E-state index contributed by atoms with van der Waals surface area (Å²) in [5, 5.41) is 9.07. The first-order valence-electron chi connectivity index (χ1n) is 7.59. The van der Waals surface area contributed by atoms with Crippen LogP contribution in [-0.2, 0) is 6.54 Å². The van der Waals surface area contributed by atoms with Crippen molar-refractivity contribution in [3.63, 3.8) is 0 Å². The van der Waals surface area contributed by atoms with Crippen LogP contribution >= 0.6 is 0 Å². The highest BCUT2D eigenvalue weighted by atomic mass is 16.5. The molecule has 0 saturated carbocycles. The van der Waals surface area contributed by atoms with E-state index >= 15 is 0 Å². The van der Waals surface area contributed by atoms with Gasteiger partial charge in [-0.2, -0.15) is 0 Å². The number of benzene rings is 1. The van der Waals surface area contributed by atoms with Crippen LogP contribution in [0, 0.1) is 13.8 Å². The smallest absolute Gasteiger partial charge is 0.339 e. The van der Waals surface area contributed by atoms with Crippen LogP contribution in [0.5, 0.6) is 11.5 Å². The molecule has 0 aliphatic carbocycles. The number of amides is 1. The van der Waals surface area contributed by atoms with E-state index in [0.717, 1.165) is 5.56 Å². The maximum atomic E-state index is 12.7. The van der Waals surface area contributed by atoms with Crippen LogP contribution in [0.2, 0.25) is 0 Å². The van der Waals surface area contributed by atoms with Gasteiger partial charge in [0.25, 0.3) is 5.91 Å². The van der Waals surface area contributed by atoms with Crippen LogP contribution in [0.25, 0.3) is 0 Å². The second-order valence-electron chi connectivity index (χ2n) is 5.65. The van der Waals surface area contributed by atoms with Crippen molar-refractivity contribution in [3.8, 4) is 11.5 Å². The van der Waals surface area contributed by atoms with E-state index < -0.39 is 5.97 Å². The summed E-state index contributed by atoms with van der Waals surface area (Å²) in [6, 6.07) is 4.72. The summed E-state index contributed by atoms with van der Waals surface area (Å²) in [5.41, 5.74) is 1.30. The molecule has 2 rings (SSSR count). The Bertz CT molecular complexity index is 783. The minimum atomic E-state index is -1.06. The molecule has 0 unspecified atom stereocenters. The Morgan fingerprint density at radius 2 is 1.68 bits per heavy atom. The molecule has 1 aromatic carbocycles. The van der Waals surface area contributed by atoms with Crippen molar-refractivity contribution in [2.24, 2.45) is 0 Å². The number of carbonyl (C=O) groups excluding carboxylic acids is 1. The summed E-state index contributed by atoms with van der Waals surface area (Å²) in [6.07, 6.45) is 0. The molecule has 1 N–H and O–H groups in total. The number of hydrogen-bond acceptors (Lipinski definition) is 5. The lowest BCUT2D eigenvalue weighted by atomic mass is 10.1. The van der Waals surface area contributed by atoms with Crippen LogP contribution in [-0.4, -0.2) is 43.2 Å². The fourth-order valence-electron chi connectivity index (χ4n) is 2.57. The lowest BCUT2D eigenvalue weighted by Crippen LogP contribution is -2.26. The van der Waals surface area contributed by atoms with Crippen LogP contribution in [0.4, 0.5) is 0 Å². The first-order chi connectivity index (χ1) is 11.8. The molecule has 0 bridgehead atoms. The van der Waals surface area contributed by atoms with Crippen LogP contribution in [0.15, 0.2) is 22.6 Å². The zero-order valence-electron chi connectivity index (χ0n) is 14.9. The normalized spacial score (nSPS) is 10.4. The van der Waals surface area contributed by atoms with Gasteiger partial charge < -0.3 is 23.9 Å². The van der Waals surface area contributed by atoms with Gasteiger partial charge in [-0.3, -0.25) is 4.79 Å². The molecular weight excluding hydrogens is 326 g/mol. The number of rotatable bonds is 6. The first kappa shape index (κ1) is 18.4. The van der Waals surface area contributed by atoms with Gasteiger partial charge in [-0.15, -0.1) is 0 Å². The van der Waals surface area contributed by atoms with Crippen molar-refractivity contribution < 1.29 is 28.6 Å². The van der Waals surface area contributed by atoms with E-state index in [2.05, 4.69) is 0 Å². The molecule has 1 heterocycles. The van der Waals surface area contributed by atoms with E-state index in [-0.39, 0.29) is 18.0 Å². The molecule has 0 saturated heterocycles. The predicted molar refractivity (Wildman–Crippen MR) is 90.5 cm³/mol. The molecule has 1 amide bonds. The number of carboxylic acid groups (broad SMARTS) is 1. The number of carboxylic acids is 1. The second kappa shape index (κ2) is 7.29. The SMILES string of the molecule is COc1cc(C(=O)N(C)Cc2cc(C(=O)O)c(C)o2)cc(OC)c1C. The van der Waals surface area contributed by atoms with Gasteiger partial charge in [0.05, 0.1) is 20.8 Å². The maximum absolute atomic E-state index is 12.7. The van der Waals surface area contributed by atoms with Crippen molar-refractivity contribution in [2.75, 3.05) is 21.3 Å². The Morgan fingerprint density at radius 3 is 2.12 bits per heavy atom. The molecule has 2 aromatic rings. The van der Waals surface area contributed by atoms with Crippen molar-refractivity contribution >= 4 is 11.9 Å². The third-order valence-corrected chi connectivity index (χ3v) is 3.94. The average molecular weight is 347 g/mol. The maximum Gasteiger partial charge on any atom is 0.339 e. The van der Waals surface area contributed by atoms with Crippen molar-refractivity contribution in [2.45, 2.75) is 20.4 Å². The van der Waals surface area contributed by atoms with Gasteiger partial charge in [0.15, 0.2) is 0 Å². The molecule has 0 aliphatic heterocycles. The minimum Gasteiger partial charge on any atom is -0.496 e. The monoisotopic (exact) mass is 347 g/mol. The van der Waals surface area contributed by atoms with Crippen LogP contribution in [0.1, 0.15) is 37.8 Å². The summed E-state index contributed by atoms with van der Waals surface area (Å²) >= 11 is 0. The number of aromatic carboxylic acids is 1. The number of aryl methyl sites for hydroxylation is 1. The zero-order chi connectivity index (χ0) is 18.7. The summed E-state index contributed by atoms with van der Waals surface area (Å²) in [7, 11) is 4.66. The number of furan rings is 1. The highest BCUT2D eigenvalue weighted by molar-refractivity contribution is 5.95. The second-order valence-corrected chi connectivity index (χ2v) is 5.65. The summed E-state index contributed by atoms with van der Waals surface area (Å²) < 4.78 is 16.0. The Kier molecular flexibility index (Phi) is 5.36. The van der Waals surface area contributed by atoms with E-state index in [0.29, 0.717) is 28.6 Å². The quantitative estimate of drug-likeness (QED) is 0.864. The standard InChI is InChI=1S/C18H21NO6/c1-10-15(23-4)6-12(7-16(10)24-5)17(20)19(3)9-13-8-14(18(21)22)11(2)25-13/h6-8H,9H2,1-5H3,(H,21,22). The van der Waals surface area contributed by atoms with Gasteiger partial charge in [0.1, 0.15) is 28.6 Å². The molecule has 0 fully saturated rings. The number of hydrogen-bond donors (Lipinski definition) is 1. The van der Waals surface area contributed by atoms with Crippen molar-refractivity contribution in [1.29, 1.82) is 0 Å². The third kappa shape index (κ3) is 3.76. The third-order valence-electron chi connectivity index (χ3n) is 3.94. The van der Waals surface area contributed by atoms with E-state index in [1.807, 2.05) is 6.92 Å². The van der Waals surface area contributed by atoms with E-state index in [9.17, 15) is 9.59 Å². The molecule has 7 heteroatoms. The highest BCUT2D eigenvalue weighted by Crippen LogP contribution is 2.30. The van der Waals surface area contributed by atoms with Crippen molar-refractivity contribution in [3.05, 3.63) is 46.4 Å². The Balaban J connectivity index is 2.25. The number of ether oxygens (including phenoxy) is 2. The highest BCUT2D eigenvalue weighted by Gasteiger charge is 2.20. The van der Waals surface area contributed by atoms with Crippen molar-refractivity contribution in [1.82, 2.24) is 4.90 Å². The zero-order valence-corrected chi connectivity index (χ0v) is 14.9. The molecule has 25 heavy (non-hydrogen) atoms. The van der Waals surface area contributed by atoms with Gasteiger partial charge >= 0.3 is 5.97 Å². The van der Waals surface area contributed by atoms with Gasteiger partial charge in [0, 0.05) is 18.2 Å². The van der Waals surface area contributed by atoms with Gasteiger partial charge in [0.2, 0.25) is 0 Å². The van der Waals surface area contributed by atoms with Gasteiger partial charge in [-0.1, -0.05) is 0 Å². The molecule has 1 aromatic heterocycles. The van der Waals surface area contributed by atoms with Crippen LogP contribution in [0.3, 0.4) is 0 Å². The van der Waals surface area contributed by atoms with E-state index in [1.165, 1.54) is 25.2 Å². The number of nitrogens with zero attached hydrogens (tertiary/aromatic N) is 1. The largest absolute Gasteiger partial charge is 0.496 e. The fraction of sp³-hybridized carbons (Fsp3) is 0.333. The Morgan fingerprint density at radius 1 is 1.12 bits per heavy atom. The Labute approximate surface area is 145 Å². The topological polar surface area (TPSA) is 89.2 Å². The van der Waals surface area contributed by atoms with Gasteiger partial charge in [-0.25, -0.2) is 4.79 Å². The lowest BCUT2D eigenvalue weighted by Gasteiger charge is -2.18. The molecular formula is C18H21NO6.